The van der Waals surface area contributed by atoms with E-state index in [0.29, 0.717) is 48.4 Å². The van der Waals surface area contributed by atoms with Gasteiger partial charge in [-0.15, -0.1) is 25.7 Å². The van der Waals surface area contributed by atoms with Crippen LogP contribution in [-0.2, 0) is 9.57 Å². The smallest absolute Gasteiger partial charge is 0.231 e. The van der Waals surface area contributed by atoms with Crippen molar-refractivity contribution in [3.8, 4) is 42.9 Å². The molecule has 0 unspecified atom stereocenters. The molecule has 2 aliphatic heterocycles. The summed E-state index contributed by atoms with van der Waals surface area (Å²) in [5.74, 6) is 2.02. The second kappa shape index (κ2) is 12.9. The molecule has 2 aromatic carbocycles. The van der Waals surface area contributed by atoms with Crippen LogP contribution < -0.4 is 9.47 Å². The molecule has 1 aromatic heterocycles. The van der Waals surface area contributed by atoms with Gasteiger partial charge in [-0.2, -0.15) is 0 Å². The Labute approximate surface area is 222 Å². The number of aromatic nitrogens is 2. The van der Waals surface area contributed by atoms with E-state index >= 15 is 0 Å². The largest absolute Gasteiger partial charge is 0.495 e. The summed E-state index contributed by atoms with van der Waals surface area (Å²) in [6.07, 6.45) is 21.0. The van der Waals surface area contributed by atoms with Crippen LogP contribution in [0.25, 0.3) is 11.8 Å². The summed E-state index contributed by atoms with van der Waals surface area (Å²) in [5.41, 5.74) is 3.26. The summed E-state index contributed by atoms with van der Waals surface area (Å²) in [6, 6.07) is 10.3. The first-order valence-electron chi connectivity index (χ1n) is 11.7. The van der Waals surface area contributed by atoms with Crippen LogP contribution in [0.4, 0.5) is 4.39 Å². The second-order valence-corrected chi connectivity index (χ2v) is 7.89. The summed E-state index contributed by atoms with van der Waals surface area (Å²) >= 11 is 0. The number of oxime groups is 1. The zero-order chi connectivity index (χ0) is 27.7. The third-order valence-electron chi connectivity index (χ3n) is 5.63. The van der Waals surface area contributed by atoms with E-state index in [9.17, 15) is 4.39 Å². The van der Waals surface area contributed by atoms with Crippen LogP contribution in [0.2, 0.25) is 0 Å². The molecule has 9 heteroatoms. The van der Waals surface area contributed by atoms with E-state index in [2.05, 4.69) is 35.8 Å². The number of imidazole rings is 1. The molecule has 1 saturated heterocycles. The van der Waals surface area contributed by atoms with Crippen molar-refractivity contribution in [2.75, 3.05) is 26.9 Å². The fourth-order valence-electron chi connectivity index (χ4n) is 4.08. The van der Waals surface area contributed by atoms with Gasteiger partial charge in [-0.05, 0) is 55.8 Å². The normalized spacial score (nSPS) is 16.4. The number of methoxy groups -OCH3 is 1. The highest BCUT2D eigenvalue weighted by Crippen LogP contribution is 2.38. The van der Waals surface area contributed by atoms with Crippen LogP contribution in [0.1, 0.15) is 30.0 Å². The minimum atomic E-state index is -0.596. The fraction of sp³-hybridized carbons (Fsp3) is 0.241. The monoisotopic (exact) mass is 516 g/mol. The van der Waals surface area contributed by atoms with Crippen LogP contribution in [0.5, 0.6) is 11.5 Å². The molecule has 38 heavy (non-hydrogen) atoms. The molecular formula is C29H29FN4O4. The maximum Gasteiger partial charge on any atom is 0.231 e. The van der Waals surface area contributed by atoms with Crippen molar-refractivity contribution in [1.82, 2.24) is 14.5 Å². The van der Waals surface area contributed by atoms with Gasteiger partial charge in [-0.25, -0.2) is 9.37 Å². The first kappa shape index (κ1) is 27.7. The van der Waals surface area contributed by atoms with E-state index < -0.39 is 6.23 Å². The van der Waals surface area contributed by atoms with Gasteiger partial charge in [0, 0.05) is 6.20 Å². The molecule has 0 saturated carbocycles. The lowest BCUT2D eigenvalue weighted by atomic mass is 10.1. The fourth-order valence-corrected chi connectivity index (χ4v) is 4.08. The second-order valence-electron chi connectivity index (χ2n) is 7.89. The van der Waals surface area contributed by atoms with Crippen molar-refractivity contribution < 1.29 is 23.4 Å². The molecular weight excluding hydrogens is 487 g/mol. The maximum atomic E-state index is 14.0. The number of nitrogens with zero attached hydrogens (tertiary/aromatic N) is 4. The summed E-state index contributed by atoms with van der Waals surface area (Å²) < 4.78 is 33.2. The van der Waals surface area contributed by atoms with Crippen LogP contribution >= 0.6 is 0 Å². The molecule has 196 valence electrons. The van der Waals surface area contributed by atoms with Crippen molar-refractivity contribution in [1.29, 1.82) is 0 Å². The van der Waals surface area contributed by atoms with Crippen LogP contribution in [0.3, 0.4) is 0 Å². The van der Waals surface area contributed by atoms with Gasteiger partial charge in [0.15, 0.2) is 5.76 Å². The summed E-state index contributed by atoms with van der Waals surface area (Å²) in [5, 5.41) is 4.26. The highest BCUT2D eigenvalue weighted by molar-refractivity contribution is 6.01. The molecule has 3 heterocycles. The molecule has 0 radical (unpaired) electrons. The van der Waals surface area contributed by atoms with Gasteiger partial charge < -0.3 is 28.5 Å². The Morgan fingerprint density at radius 2 is 1.92 bits per heavy atom. The minimum absolute atomic E-state index is 0.361. The van der Waals surface area contributed by atoms with Gasteiger partial charge in [0.2, 0.25) is 12.1 Å². The van der Waals surface area contributed by atoms with Gasteiger partial charge in [0.1, 0.15) is 23.9 Å². The molecule has 0 bridgehead atoms. The highest BCUT2D eigenvalue weighted by Gasteiger charge is 2.38. The van der Waals surface area contributed by atoms with E-state index in [1.807, 2.05) is 53.8 Å². The number of ether oxygens (including phenoxy) is 3. The molecule has 5 rings (SSSR count). The molecule has 2 aliphatic rings. The Kier molecular flexibility index (Phi) is 9.39. The molecule has 3 aromatic rings. The number of amidine groups is 1. The quantitative estimate of drug-likeness (QED) is 0.432. The van der Waals surface area contributed by atoms with Crippen molar-refractivity contribution in [3.63, 3.8) is 0 Å². The lowest BCUT2D eigenvalue weighted by Crippen LogP contribution is -2.39. The molecule has 1 atom stereocenters. The number of benzene rings is 2. The van der Waals surface area contributed by atoms with Gasteiger partial charge in [-0.3, -0.25) is 0 Å². The van der Waals surface area contributed by atoms with Gasteiger partial charge in [0.05, 0.1) is 43.5 Å². The van der Waals surface area contributed by atoms with Gasteiger partial charge >= 0.3 is 0 Å². The lowest BCUT2D eigenvalue weighted by molar-refractivity contribution is -0.00365. The van der Waals surface area contributed by atoms with Crippen molar-refractivity contribution in [2.24, 2.45) is 5.16 Å². The minimum Gasteiger partial charge on any atom is -0.495 e. The predicted molar refractivity (Wildman–Crippen MR) is 144 cm³/mol. The van der Waals surface area contributed by atoms with E-state index in [0.717, 1.165) is 16.9 Å². The highest BCUT2D eigenvalue weighted by atomic mass is 19.1. The number of morpholine rings is 1. The number of hydrogen-bond donors (Lipinski definition) is 0. The van der Waals surface area contributed by atoms with Crippen molar-refractivity contribution >= 4 is 11.9 Å². The maximum absolute atomic E-state index is 14.0. The van der Waals surface area contributed by atoms with E-state index in [-0.39, 0.29) is 5.82 Å². The van der Waals surface area contributed by atoms with Crippen LogP contribution in [0.15, 0.2) is 59.8 Å². The third kappa shape index (κ3) is 5.74. The Balaban J connectivity index is 0.000000956. The van der Waals surface area contributed by atoms with Gasteiger partial charge in [0.25, 0.3) is 0 Å². The molecule has 1 fully saturated rings. The van der Waals surface area contributed by atoms with E-state index in [1.54, 1.807) is 19.5 Å². The Morgan fingerprint density at radius 1 is 1.13 bits per heavy atom. The Morgan fingerprint density at radius 3 is 2.61 bits per heavy atom. The van der Waals surface area contributed by atoms with E-state index in [1.165, 1.54) is 12.1 Å². The average molecular weight is 517 g/mol. The number of rotatable bonds is 6. The molecule has 0 amide bonds. The van der Waals surface area contributed by atoms with Gasteiger partial charge in [-0.1, -0.05) is 11.2 Å². The summed E-state index contributed by atoms with van der Waals surface area (Å²) in [4.78, 5) is 12.0. The first-order chi connectivity index (χ1) is 18.6. The molecule has 8 nitrogen and oxygen atoms in total. The third-order valence-corrected chi connectivity index (χ3v) is 5.63. The number of fused-ring (bicyclic) bond motifs is 1. The first-order valence-corrected chi connectivity index (χ1v) is 11.7. The summed E-state index contributed by atoms with van der Waals surface area (Å²) in [6.45, 7) is 5.27. The lowest BCUT2D eigenvalue weighted by Gasteiger charge is -2.30. The SMILES string of the molecule is C#C.C#C.CCOc1ccc(F)cc1[C@@H]1ON=C2/C(=C\c3ccc(-n4cnc(C)c4)c(OC)c3)OCCN21. The molecule has 0 aliphatic carbocycles. The standard InChI is InChI=1S/C25H25FN4O4.2C2H2/c1-4-32-21-8-6-18(26)13-19(21)25-30-9-10-33-23(24(30)28-34-25)12-17-5-7-20(22(11-17)31-3)29-14-16(2)27-15-29;2*1-2/h5-8,11-15,25H,4,9-10H2,1-3H3;2*1-2H/b23-12+;;/t25-;;/m0../s1. The molecule has 0 spiro atoms. The summed E-state index contributed by atoms with van der Waals surface area (Å²) in [7, 11) is 1.63. The zero-order valence-corrected chi connectivity index (χ0v) is 21.5. The number of halogens is 1. The zero-order valence-electron chi connectivity index (χ0n) is 21.5. The van der Waals surface area contributed by atoms with Crippen LogP contribution in [0, 0.1) is 38.4 Å². The Bertz CT molecular complexity index is 1350. The van der Waals surface area contributed by atoms with E-state index in [4.69, 9.17) is 19.0 Å². The van der Waals surface area contributed by atoms with Crippen molar-refractivity contribution in [2.45, 2.75) is 20.1 Å². The number of aryl methyl sites for hydroxylation is 1. The average Bonchev–Trinajstić information content (AvgIpc) is 3.59. The molecule has 0 N–H and O–H groups in total. The van der Waals surface area contributed by atoms with Crippen molar-refractivity contribution in [3.05, 3.63) is 77.3 Å². The topological polar surface area (TPSA) is 70.3 Å². The van der Waals surface area contributed by atoms with Crippen LogP contribution in [-0.4, -0.2) is 47.2 Å². The number of hydrogen-bond acceptors (Lipinski definition) is 7. The predicted octanol–water partition coefficient (Wildman–Crippen LogP) is 4.94. The Hall–Kier alpha value is -4.89. The number of terminal acetylenes is 2.